The van der Waals surface area contributed by atoms with Gasteiger partial charge >= 0.3 is 0 Å². The van der Waals surface area contributed by atoms with Crippen molar-refractivity contribution in [3.63, 3.8) is 0 Å². The predicted octanol–water partition coefficient (Wildman–Crippen LogP) is 1.43. The molecule has 22 heavy (non-hydrogen) atoms. The number of nitrogens with one attached hydrogen (secondary N) is 1. The molecule has 7 nitrogen and oxygen atoms in total. The van der Waals surface area contributed by atoms with E-state index < -0.39 is 0 Å². The smallest absolute Gasteiger partial charge is 0.231 e. The quantitative estimate of drug-likeness (QED) is 0.923. The van der Waals surface area contributed by atoms with Crippen LogP contribution in [0.3, 0.4) is 0 Å². The molecule has 3 rings (SSSR count). The number of hydrogen-bond donors (Lipinski definition) is 1. The van der Waals surface area contributed by atoms with Crippen molar-refractivity contribution in [1.82, 2.24) is 20.2 Å². The number of piperidine rings is 1. The van der Waals surface area contributed by atoms with Crippen LogP contribution in [-0.4, -0.2) is 39.2 Å². The largest absolute Gasteiger partial charge is 0.354 e. The van der Waals surface area contributed by atoms with E-state index in [1.165, 1.54) is 0 Å². The molecule has 0 saturated carbocycles. The van der Waals surface area contributed by atoms with Crippen molar-refractivity contribution in [2.75, 3.05) is 23.3 Å². The minimum atomic E-state index is -0.0966. The summed E-state index contributed by atoms with van der Waals surface area (Å²) in [4.78, 5) is 22.5. The molecule has 1 saturated heterocycles. The first kappa shape index (κ1) is 14.4. The molecule has 0 aliphatic carbocycles. The van der Waals surface area contributed by atoms with E-state index >= 15 is 0 Å². The average molecular weight is 298 g/mol. The van der Waals surface area contributed by atoms with Gasteiger partial charge in [-0.05, 0) is 38.0 Å². The fraction of sp³-hybridized carbons (Fsp3) is 0.400. The first-order valence-electron chi connectivity index (χ1n) is 7.35. The van der Waals surface area contributed by atoms with Gasteiger partial charge in [0.15, 0.2) is 5.82 Å². The summed E-state index contributed by atoms with van der Waals surface area (Å²) in [5.74, 6) is 1.02. The molecular formula is C15H18N6O. The molecule has 0 spiro atoms. The number of amides is 1. The van der Waals surface area contributed by atoms with Crippen molar-refractivity contribution in [1.29, 1.82) is 0 Å². The predicted molar refractivity (Wildman–Crippen MR) is 82.4 cm³/mol. The number of aryl methyl sites for hydroxylation is 1. The lowest BCUT2D eigenvalue weighted by molar-refractivity contribution is -0.120. The van der Waals surface area contributed by atoms with Crippen LogP contribution in [0.1, 0.15) is 18.5 Å². The summed E-state index contributed by atoms with van der Waals surface area (Å²) in [7, 11) is 0. The molecule has 1 aliphatic heterocycles. The van der Waals surface area contributed by atoms with Crippen molar-refractivity contribution >= 4 is 17.7 Å². The molecule has 0 radical (unpaired) electrons. The molecular weight excluding hydrogens is 280 g/mol. The zero-order chi connectivity index (χ0) is 15.4. The van der Waals surface area contributed by atoms with Gasteiger partial charge in [-0.1, -0.05) is 0 Å². The van der Waals surface area contributed by atoms with E-state index in [2.05, 4.69) is 30.4 Å². The van der Waals surface area contributed by atoms with Gasteiger partial charge in [0.1, 0.15) is 0 Å². The van der Waals surface area contributed by atoms with Gasteiger partial charge < -0.3 is 4.90 Å². The monoisotopic (exact) mass is 298 g/mol. The van der Waals surface area contributed by atoms with Gasteiger partial charge in [-0.2, -0.15) is 5.10 Å². The fourth-order valence-corrected chi connectivity index (χ4v) is 2.54. The van der Waals surface area contributed by atoms with E-state index in [-0.39, 0.29) is 11.8 Å². The normalized spacial score (nSPS) is 18.0. The van der Waals surface area contributed by atoms with E-state index in [9.17, 15) is 4.79 Å². The molecule has 3 heterocycles. The van der Waals surface area contributed by atoms with Crippen LogP contribution in [0.25, 0.3) is 0 Å². The Morgan fingerprint density at radius 2 is 2.09 bits per heavy atom. The molecule has 1 amide bonds. The van der Waals surface area contributed by atoms with Crippen LogP contribution >= 0.6 is 0 Å². The second-order valence-electron chi connectivity index (χ2n) is 5.38. The van der Waals surface area contributed by atoms with Crippen molar-refractivity contribution in [2.24, 2.45) is 5.92 Å². The van der Waals surface area contributed by atoms with Crippen LogP contribution in [0.2, 0.25) is 0 Å². The maximum Gasteiger partial charge on any atom is 0.231 e. The van der Waals surface area contributed by atoms with Gasteiger partial charge in [-0.25, -0.2) is 9.97 Å². The molecule has 2 aromatic heterocycles. The standard InChI is InChI=1S/C15H18N6O/c1-11-5-6-13(20-19-11)21-9-2-4-12(10-21)14(22)18-15-16-7-3-8-17-15/h3,5-8,12H,2,4,9-10H2,1H3,(H,16,17,18,22). The van der Waals surface area contributed by atoms with Crippen LogP contribution in [0.15, 0.2) is 30.6 Å². The molecule has 1 unspecified atom stereocenters. The second kappa shape index (κ2) is 6.46. The van der Waals surface area contributed by atoms with Crippen LogP contribution in [0, 0.1) is 12.8 Å². The highest BCUT2D eigenvalue weighted by Crippen LogP contribution is 2.22. The summed E-state index contributed by atoms with van der Waals surface area (Å²) < 4.78 is 0. The third kappa shape index (κ3) is 3.36. The molecule has 0 bridgehead atoms. The van der Waals surface area contributed by atoms with Gasteiger partial charge in [0.05, 0.1) is 11.6 Å². The van der Waals surface area contributed by atoms with Crippen molar-refractivity contribution in [2.45, 2.75) is 19.8 Å². The molecule has 1 N–H and O–H groups in total. The van der Waals surface area contributed by atoms with Gasteiger partial charge in [0.2, 0.25) is 11.9 Å². The highest BCUT2D eigenvalue weighted by atomic mass is 16.2. The van der Waals surface area contributed by atoms with Gasteiger partial charge in [-0.15, -0.1) is 5.10 Å². The van der Waals surface area contributed by atoms with Crippen LogP contribution < -0.4 is 10.2 Å². The minimum absolute atomic E-state index is 0.0454. The highest BCUT2D eigenvalue weighted by molar-refractivity contribution is 5.91. The summed E-state index contributed by atoms with van der Waals surface area (Å²) in [6.07, 6.45) is 5.02. The van der Waals surface area contributed by atoms with Gasteiger partial charge in [0, 0.05) is 25.5 Å². The Labute approximate surface area is 128 Å². The Morgan fingerprint density at radius 1 is 1.27 bits per heavy atom. The number of rotatable bonds is 3. The minimum Gasteiger partial charge on any atom is -0.354 e. The Morgan fingerprint density at radius 3 is 2.82 bits per heavy atom. The number of hydrogen-bond acceptors (Lipinski definition) is 6. The van der Waals surface area contributed by atoms with Crippen LogP contribution in [-0.2, 0) is 4.79 Å². The van der Waals surface area contributed by atoms with Gasteiger partial charge in [0.25, 0.3) is 0 Å². The Balaban J connectivity index is 1.65. The lowest BCUT2D eigenvalue weighted by Gasteiger charge is -2.32. The van der Waals surface area contributed by atoms with E-state index in [4.69, 9.17) is 0 Å². The summed E-state index contributed by atoms with van der Waals surface area (Å²) in [5.41, 5.74) is 0.885. The number of carbonyl (C=O) groups excluding carboxylic acids is 1. The van der Waals surface area contributed by atoms with E-state index in [0.717, 1.165) is 30.9 Å². The van der Waals surface area contributed by atoms with Crippen LogP contribution in [0.4, 0.5) is 11.8 Å². The molecule has 1 atom stereocenters. The van der Waals surface area contributed by atoms with Crippen LogP contribution in [0.5, 0.6) is 0 Å². The van der Waals surface area contributed by atoms with E-state index in [1.54, 1.807) is 18.5 Å². The summed E-state index contributed by atoms with van der Waals surface area (Å²) in [6, 6.07) is 5.60. The Hall–Kier alpha value is -2.57. The lowest BCUT2D eigenvalue weighted by atomic mass is 9.97. The number of nitrogens with zero attached hydrogens (tertiary/aromatic N) is 5. The zero-order valence-corrected chi connectivity index (χ0v) is 12.4. The average Bonchev–Trinajstić information content (AvgIpc) is 2.56. The van der Waals surface area contributed by atoms with Crippen molar-refractivity contribution in [3.05, 3.63) is 36.3 Å². The third-order valence-electron chi connectivity index (χ3n) is 3.70. The molecule has 2 aromatic rings. The Bertz CT molecular complexity index is 630. The SMILES string of the molecule is Cc1ccc(N2CCCC(C(=O)Nc3ncccn3)C2)nn1. The summed E-state index contributed by atoms with van der Waals surface area (Å²) in [6.45, 7) is 3.43. The topological polar surface area (TPSA) is 83.9 Å². The lowest BCUT2D eigenvalue weighted by Crippen LogP contribution is -2.41. The number of anilines is 2. The molecule has 1 fully saturated rings. The molecule has 0 aromatic carbocycles. The van der Waals surface area contributed by atoms with Crippen molar-refractivity contribution in [3.8, 4) is 0 Å². The molecule has 1 aliphatic rings. The maximum atomic E-state index is 12.3. The first-order valence-corrected chi connectivity index (χ1v) is 7.35. The molecule has 114 valence electrons. The fourth-order valence-electron chi connectivity index (χ4n) is 2.54. The summed E-state index contributed by atoms with van der Waals surface area (Å²) >= 11 is 0. The number of aromatic nitrogens is 4. The first-order chi connectivity index (χ1) is 10.7. The Kier molecular flexibility index (Phi) is 4.22. The zero-order valence-electron chi connectivity index (χ0n) is 12.4. The van der Waals surface area contributed by atoms with Gasteiger partial charge in [-0.3, -0.25) is 10.1 Å². The summed E-state index contributed by atoms with van der Waals surface area (Å²) in [5, 5.41) is 11.0. The number of carbonyl (C=O) groups is 1. The molecule has 7 heteroatoms. The van der Waals surface area contributed by atoms with E-state index in [0.29, 0.717) is 12.5 Å². The van der Waals surface area contributed by atoms with E-state index in [1.807, 2.05) is 19.1 Å². The highest BCUT2D eigenvalue weighted by Gasteiger charge is 2.27. The second-order valence-corrected chi connectivity index (χ2v) is 5.38. The maximum absolute atomic E-state index is 12.3. The third-order valence-corrected chi connectivity index (χ3v) is 3.70. The van der Waals surface area contributed by atoms with Crippen molar-refractivity contribution < 1.29 is 4.79 Å².